The van der Waals surface area contributed by atoms with Crippen molar-refractivity contribution in [1.82, 2.24) is 0 Å². The minimum atomic E-state index is -4.92. The number of hydrogen-bond acceptors (Lipinski definition) is 11. The molecule has 6 aromatic carbocycles. The second-order valence-electron chi connectivity index (χ2n) is 12.3. The van der Waals surface area contributed by atoms with Gasteiger partial charge < -0.3 is 27.0 Å². The summed E-state index contributed by atoms with van der Waals surface area (Å²) in [6, 6.07) is 21.0. The maximum atomic E-state index is 13.1. The monoisotopic (exact) mass is 966 g/mol. The normalized spacial score (nSPS) is 11.4. The second-order valence-corrected chi connectivity index (χ2v) is 17.9. The summed E-state index contributed by atoms with van der Waals surface area (Å²) in [7, 11) is -19.6. The number of hydrogen-bond donors (Lipinski definition) is 8. The van der Waals surface area contributed by atoms with Crippen molar-refractivity contribution >= 4 is 103 Å². The first-order chi connectivity index (χ1) is 27.0. The Kier molecular flexibility index (Phi) is 19.6. The van der Waals surface area contributed by atoms with E-state index in [0.29, 0.717) is 12.1 Å². The van der Waals surface area contributed by atoms with E-state index in [1.165, 1.54) is 84.9 Å². The number of carbonyl (C=O) groups excluding carboxylic acids is 3. The molecule has 0 aliphatic carbocycles. The first kappa shape index (κ1) is 55.8. The molecule has 4 amide bonds. The number of nitrogens with one attached hydrogen (secondary N) is 4. The van der Waals surface area contributed by atoms with Gasteiger partial charge in [-0.15, -0.1) is 0 Å². The third-order valence-electron chi connectivity index (χ3n) is 8.21. The van der Waals surface area contributed by atoms with E-state index in [2.05, 4.69) is 21.3 Å². The zero-order valence-corrected chi connectivity index (χ0v) is 44.1. The summed E-state index contributed by atoms with van der Waals surface area (Å²) in [5.41, 5.74) is 0.532. The van der Waals surface area contributed by atoms with Gasteiger partial charge in [0, 0.05) is 44.6 Å². The molecule has 27 heteroatoms. The Balaban J connectivity index is -0.00000496. The summed E-state index contributed by atoms with van der Waals surface area (Å²) in [4.78, 5) is 35.9. The van der Waals surface area contributed by atoms with E-state index in [1.807, 2.05) is 0 Å². The van der Waals surface area contributed by atoms with Crippen LogP contribution in [-0.2, 0) is 40.5 Å². The molecule has 308 valence electrons. The SMILES string of the molecule is O=C(Nc1cccc(C(=O)Nc2ccc3c(S(=O)(=O)O)cc(S(=O)(=O)O)cc3c2)c1)Nc1cccc(C(=O)Nc2ccc3c(S(=O)(=O)O)cc(S(=O)(=O)O)cc3c2)c1.[H-].[H-].[H-].[H-].[Na+].[Na+].[Na+].[Na+]. The number of anilines is 4. The van der Waals surface area contributed by atoms with E-state index in [9.17, 15) is 66.3 Å². The van der Waals surface area contributed by atoms with Gasteiger partial charge in [0.05, 0.1) is 9.79 Å². The van der Waals surface area contributed by atoms with E-state index in [1.54, 1.807) is 0 Å². The molecule has 0 aliphatic rings. The van der Waals surface area contributed by atoms with Crippen molar-refractivity contribution in [2.24, 2.45) is 0 Å². The molecule has 0 fully saturated rings. The Labute approximate surface area is 448 Å². The summed E-state index contributed by atoms with van der Waals surface area (Å²) in [5.74, 6) is -1.40. The van der Waals surface area contributed by atoms with Gasteiger partial charge in [0.25, 0.3) is 52.3 Å². The molecule has 0 aromatic heterocycles. The topological polar surface area (TPSA) is 317 Å². The van der Waals surface area contributed by atoms with Crippen molar-refractivity contribution in [2.75, 3.05) is 21.3 Å². The zero-order valence-electron chi connectivity index (χ0n) is 36.8. The van der Waals surface area contributed by atoms with E-state index in [4.69, 9.17) is 0 Å². The van der Waals surface area contributed by atoms with Crippen LogP contribution in [0.3, 0.4) is 0 Å². The predicted octanol–water partition coefficient (Wildman–Crippen LogP) is -6.41. The Bertz CT molecular complexity index is 3020. The number of fused-ring (bicyclic) bond motifs is 2. The third-order valence-corrected chi connectivity index (χ3v) is 11.7. The third kappa shape index (κ3) is 13.9. The van der Waals surface area contributed by atoms with Gasteiger partial charge in [0.15, 0.2) is 0 Å². The van der Waals surface area contributed by atoms with Crippen molar-refractivity contribution in [3.63, 3.8) is 0 Å². The minimum Gasteiger partial charge on any atom is -1.00 e. The average molecular weight is 967 g/mol. The molecule has 8 N–H and O–H groups in total. The quantitative estimate of drug-likeness (QED) is 0.0468. The standard InChI is InChI=1S/C35H26N4O15S4.4Na.4H/c40-33(36-25-7-9-29-21(13-25)15-27(55(43,44)45)17-31(29)57(49,50)51)19-3-1-5-23(11-19)38-35(42)39-24-6-2-4-20(12-24)34(41)37-26-8-10-30-22(14-26)16-28(56(46,47)48)18-32(30)58(52,53)54;;;;;;;;/h1-18H,(H,36,40)(H,37,41)(H2,38,39,42)(H,43,44,45)(H,46,47,48)(H,49,50,51)(H,52,53,54);;;;;;;;/q;4*+1;4*-1. The van der Waals surface area contributed by atoms with Gasteiger partial charge in [0.1, 0.15) is 9.79 Å². The van der Waals surface area contributed by atoms with Gasteiger partial charge in [-0.3, -0.25) is 27.8 Å². The van der Waals surface area contributed by atoms with Crippen LogP contribution in [0, 0.1) is 0 Å². The van der Waals surface area contributed by atoms with Crippen molar-refractivity contribution < 1.29 is 190 Å². The van der Waals surface area contributed by atoms with Crippen LogP contribution < -0.4 is 139 Å². The predicted molar refractivity (Wildman–Crippen MR) is 213 cm³/mol. The summed E-state index contributed by atoms with van der Waals surface area (Å²) in [6.07, 6.45) is 0. The van der Waals surface area contributed by atoms with Crippen LogP contribution >= 0.6 is 0 Å². The van der Waals surface area contributed by atoms with Gasteiger partial charge >= 0.3 is 124 Å². The van der Waals surface area contributed by atoms with Gasteiger partial charge in [-0.05, 0) is 95.7 Å². The van der Waals surface area contributed by atoms with Crippen LogP contribution in [-0.4, -0.2) is 69.7 Å². The fourth-order valence-electron chi connectivity index (χ4n) is 5.67. The van der Waals surface area contributed by atoms with E-state index in [-0.39, 0.29) is 179 Å². The Morgan fingerprint density at radius 3 is 1.06 bits per heavy atom. The van der Waals surface area contributed by atoms with E-state index < -0.39 is 77.9 Å². The van der Waals surface area contributed by atoms with E-state index in [0.717, 1.165) is 12.1 Å². The van der Waals surface area contributed by atoms with Crippen LogP contribution in [0.1, 0.15) is 26.4 Å². The first-order valence-electron chi connectivity index (χ1n) is 15.9. The van der Waals surface area contributed by atoms with Crippen molar-refractivity contribution in [3.8, 4) is 0 Å². The molecule has 0 bridgehead atoms. The van der Waals surface area contributed by atoms with Crippen molar-refractivity contribution in [2.45, 2.75) is 19.6 Å². The van der Waals surface area contributed by atoms with Crippen LogP contribution in [0.5, 0.6) is 0 Å². The van der Waals surface area contributed by atoms with Crippen molar-refractivity contribution in [3.05, 3.63) is 120 Å². The zero-order chi connectivity index (χ0) is 42.4. The van der Waals surface area contributed by atoms with Crippen LogP contribution in [0.25, 0.3) is 21.5 Å². The molecular weight excluding hydrogens is 937 g/mol. The molecule has 0 unspecified atom stereocenters. The maximum absolute atomic E-state index is 13.1. The van der Waals surface area contributed by atoms with Crippen LogP contribution in [0.2, 0.25) is 0 Å². The number of amides is 4. The summed E-state index contributed by atoms with van der Waals surface area (Å²) in [5, 5.41) is 9.86. The van der Waals surface area contributed by atoms with Gasteiger partial charge in [-0.2, -0.15) is 33.7 Å². The molecule has 0 heterocycles. The summed E-state index contributed by atoms with van der Waals surface area (Å²) < 4.78 is 133. The molecule has 0 atom stereocenters. The fraction of sp³-hybridized carbons (Fsp3) is 0. The van der Waals surface area contributed by atoms with Gasteiger partial charge in [-0.1, -0.05) is 24.3 Å². The van der Waals surface area contributed by atoms with Crippen molar-refractivity contribution in [1.29, 1.82) is 0 Å². The number of benzene rings is 6. The Morgan fingerprint density at radius 2 is 0.742 bits per heavy atom. The largest absolute Gasteiger partial charge is 1.00 e. The van der Waals surface area contributed by atoms with E-state index >= 15 is 0 Å². The Morgan fingerprint density at radius 1 is 0.403 bits per heavy atom. The summed E-state index contributed by atoms with van der Waals surface area (Å²) >= 11 is 0. The molecule has 6 rings (SSSR count). The number of carbonyl (C=O) groups is 3. The molecule has 0 spiro atoms. The van der Waals surface area contributed by atoms with Crippen LogP contribution in [0.4, 0.5) is 27.5 Å². The summed E-state index contributed by atoms with van der Waals surface area (Å²) in [6.45, 7) is 0. The first-order valence-corrected chi connectivity index (χ1v) is 21.7. The molecular formula is C35H30N4Na4O15S4. The Hall–Kier alpha value is -2.31. The van der Waals surface area contributed by atoms with Gasteiger partial charge in [0.2, 0.25) is 0 Å². The molecule has 62 heavy (non-hydrogen) atoms. The molecule has 6 aromatic rings. The maximum Gasteiger partial charge on any atom is 1.00 e. The molecule has 0 aliphatic heterocycles. The van der Waals surface area contributed by atoms with Crippen LogP contribution in [0.15, 0.2) is 129 Å². The number of urea groups is 1. The second kappa shape index (κ2) is 21.8. The minimum absolute atomic E-state index is 0. The number of rotatable bonds is 10. The molecule has 0 saturated heterocycles. The average Bonchev–Trinajstić information content (AvgIpc) is 3.12. The molecule has 0 saturated carbocycles. The fourth-order valence-corrected chi connectivity index (χ4v) is 8.39. The molecule has 19 nitrogen and oxygen atoms in total. The smallest absolute Gasteiger partial charge is 1.00 e. The van der Waals surface area contributed by atoms with Gasteiger partial charge in [-0.25, -0.2) is 4.79 Å². The molecule has 0 radical (unpaired) electrons.